The zero-order valence-corrected chi connectivity index (χ0v) is 12.3. The average Bonchev–Trinajstić information content (AvgIpc) is 2.91. The number of para-hydroxylation sites is 2. The van der Waals surface area contributed by atoms with Gasteiger partial charge in [-0.15, -0.1) is 0 Å². The topological polar surface area (TPSA) is 84.3 Å². The fourth-order valence-electron chi connectivity index (χ4n) is 2.55. The lowest BCUT2D eigenvalue weighted by molar-refractivity contribution is -0.383. The highest BCUT2D eigenvalue weighted by Gasteiger charge is 2.19. The van der Waals surface area contributed by atoms with Gasteiger partial charge in [0, 0.05) is 12.5 Å². The Bertz CT molecular complexity index is 556. The van der Waals surface area contributed by atoms with Crippen molar-refractivity contribution >= 4 is 34.6 Å². The molecule has 1 amide bonds. The van der Waals surface area contributed by atoms with Gasteiger partial charge in [-0.1, -0.05) is 25.0 Å². The molecule has 0 unspecified atom stereocenters. The van der Waals surface area contributed by atoms with E-state index in [-0.39, 0.29) is 22.4 Å². The van der Waals surface area contributed by atoms with Crippen LogP contribution in [0.2, 0.25) is 0 Å². The van der Waals surface area contributed by atoms with Crippen molar-refractivity contribution in [3.05, 3.63) is 34.4 Å². The standard InChI is InChI=1S/C14H17N3O3S/c18-13(9-10-5-1-2-6-10)16-14(21)15-11-7-3-4-8-12(11)17(19)20/h3-4,7-8,10H,1-2,5-6,9H2,(H2,15,16,18,21). The third-order valence-corrected chi connectivity index (χ3v) is 3.75. The highest BCUT2D eigenvalue weighted by atomic mass is 32.1. The van der Waals surface area contributed by atoms with E-state index in [9.17, 15) is 14.9 Å². The molecule has 0 atom stereocenters. The molecule has 0 bridgehead atoms. The molecule has 6 nitrogen and oxygen atoms in total. The van der Waals surface area contributed by atoms with Crippen LogP contribution < -0.4 is 10.6 Å². The second-order valence-corrected chi connectivity index (χ2v) is 5.54. The number of nitro benzene ring substituents is 1. The van der Waals surface area contributed by atoms with Crippen LogP contribution in [-0.4, -0.2) is 15.9 Å². The van der Waals surface area contributed by atoms with Crippen LogP contribution in [0.5, 0.6) is 0 Å². The maximum absolute atomic E-state index is 11.8. The van der Waals surface area contributed by atoms with Gasteiger partial charge in [-0.2, -0.15) is 0 Å². The Labute approximate surface area is 128 Å². The van der Waals surface area contributed by atoms with Crippen molar-refractivity contribution in [1.82, 2.24) is 5.32 Å². The van der Waals surface area contributed by atoms with Crippen molar-refractivity contribution < 1.29 is 9.72 Å². The van der Waals surface area contributed by atoms with E-state index >= 15 is 0 Å². The van der Waals surface area contributed by atoms with Crippen molar-refractivity contribution in [3.63, 3.8) is 0 Å². The highest BCUT2D eigenvalue weighted by molar-refractivity contribution is 7.80. The van der Waals surface area contributed by atoms with Crippen LogP contribution in [0.4, 0.5) is 11.4 Å². The minimum Gasteiger partial charge on any atom is -0.327 e. The Kier molecular flexibility index (Phi) is 5.21. The Morgan fingerprint density at radius 2 is 2.00 bits per heavy atom. The Morgan fingerprint density at radius 1 is 1.33 bits per heavy atom. The first-order valence-corrected chi connectivity index (χ1v) is 7.31. The van der Waals surface area contributed by atoms with Gasteiger partial charge in [0.15, 0.2) is 5.11 Å². The monoisotopic (exact) mass is 307 g/mol. The number of nitro groups is 1. The minimum absolute atomic E-state index is 0.0788. The SMILES string of the molecule is O=C(CC1CCCC1)NC(=S)Nc1ccccc1[N+](=O)[O-]. The second kappa shape index (κ2) is 7.12. The molecule has 1 fully saturated rings. The van der Waals surface area contributed by atoms with Crippen molar-refractivity contribution in [3.8, 4) is 0 Å². The fourth-order valence-corrected chi connectivity index (χ4v) is 2.77. The maximum atomic E-state index is 11.8. The molecule has 0 radical (unpaired) electrons. The van der Waals surface area contributed by atoms with Gasteiger partial charge in [0.2, 0.25) is 5.91 Å². The summed E-state index contributed by atoms with van der Waals surface area (Å²) in [4.78, 5) is 22.2. The highest BCUT2D eigenvalue weighted by Crippen LogP contribution is 2.27. The van der Waals surface area contributed by atoms with E-state index in [0.29, 0.717) is 12.3 Å². The molecule has 1 aliphatic rings. The first-order chi connectivity index (χ1) is 10.1. The minimum atomic E-state index is -0.495. The molecule has 7 heteroatoms. The number of anilines is 1. The van der Waals surface area contributed by atoms with Gasteiger partial charge in [-0.25, -0.2) is 0 Å². The van der Waals surface area contributed by atoms with Crippen LogP contribution >= 0.6 is 12.2 Å². The van der Waals surface area contributed by atoms with Crippen LogP contribution in [0.15, 0.2) is 24.3 Å². The van der Waals surface area contributed by atoms with Crippen molar-refractivity contribution in [2.75, 3.05) is 5.32 Å². The predicted octanol–water partition coefficient (Wildman–Crippen LogP) is 2.99. The van der Waals surface area contributed by atoms with Gasteiger partial charge >= 0.3 is 0 Å². The zero-order valence-electron chi connectivity index (χ0n) is 11.5. The van der Waals surface area contributed by atoms with E-state index in [1.54, 1.807) is 18.2 Å². The van der Waals surface area contributed by atoms with Crippen LogP contribution in [0.25, 0.3) is 0 Å². The summed E-state index contributed by atoms with van der Waals surface area (Å²) in [5.74, 6) is 0.289. The van der Waals surface area contributed by atoms with Crippen LogP contribution in [0, 0.1) is 16.0 Å². The normalized spacial score (nSPS) is 14.7. The van der Waals surface area contributed by atoms with Gasteiger partial charge in [0.1, 0.15) is 5.69 Å². The Hall–Kier alpha value is -2.02. The van der Waals surface area contributed by atoms with Gasteiger partial charge < -0.3 is 10.6 Å². The van der Waals surface area contributed by atoms with Gasteiger partial charge in [-0.05, 0) is 37.0 Å². The molecular formula is C14H17N3O3S. The fraction of sp³-hybridized carbons (Fsp3) is 0.429. The van der Waals surface area contributed by atoms with E-state index in [0.717, 1.165) is 12.8 Å². The molecule has 112 valence electrons. The maximum Gasteiger partial charge on any atom is 0.292 e. The number of hydrogen-bond acceptors (Lipinski definition) is 4. The zero-order chi connectivity index (χ0) is 15.2. The summed E-state index contributed by atoms with van der Waals surface area (Å²) in [7, 11) is 0. The van der Waals surface area contributed by atoms with E-state index < -0.39 is 4.92 Å². The summed E-state index contributed by atoms with van der Waals surface area (Å²) >= 11 is 5.03. The first-order valence-electron chi connectivity index (χ1n) is 6.90. The summed E-state index contributed by atoms with van der Waals surface area (Å²) < 4.78 is 0. The molecule has 0 aromatic heterocycles. The number of amides is 1. The summed E-state index contributed by atoms with van der Waals surface area (Å²) in [6.45, 7) is 0. The van der Waals surface area contributed by atoms with Crippen molar-refractivity contribution in [2.45, 2.75) is 32.1 Å². The summed E-state index contributed by atoms with van der Waals surface area (Å²) in [5.41, 5.74) is 0.193. The number of carbonyl (C=O) groups excluding carboxylic acids is 1. The number of benzene rings is 1. The number of thiocarbonyl (C=S) groups is 1. The lowest BCUT2D eigenvalue weighted by Crippen LogP contribution is -2.35. The summed E-state index contributed by atoms with van der Waals surface area (Å²) in [5, 5.41) is 16.3. The largest absolute Gasteiger partial charge is 0.327 e. The lowest BCUT2D eigenvalue weighted by Gasteiger charge is -2.12. The molecule has 1 saturated carbocycles. The third-order valence-electron chi connectivity index (χ3n) is 3.55. The lowest BCUT2D eigenvalue weighted by atomic mass is 10.0. The van der Waals surface area contributed by atoms with E-state index in [1.807, 2.05) is 0 Å². The number of nitrogens with zero attached hydrogens (tertiary/aromatic N) is 1. The second-order valence-electron chi connectivity index (χ2n) is 5.13. The Balaban J connectivity index is 1.89. The molecule has 21 heavy (non-hydrogen) atoms. The van der Waals surface area contributed by atoms with Gasteiger partial charge in [-0.3, -0.25) is 14.9 Å². The number of hydrogen-bond donors (Lipinski definition) is 2. The van der Waals surface area contributed by atoms with Crippen LogP contribution in [-0.2, 0) is 4.79 Å². The Morgan fingerprint density at radius 3 is 2.67 bits per heavy atom. The molecule has 0 saturated heterocycles. The van der Waals surface area contributed by atoms with Gasteiger partial charge in [0.25, 0.3) is 5.69 Å². The summed E-state index contributed by atoms with van der Waals surface area (Å²) in [6.07, 6.45) is 4.97. The van der Waals surface area contributed by atoms with Crippen LogP contribution in [0.3, 0.4) is 0 Å². The smallest absolute Gasteiger partial charge is 0.292 e. The molecule has 1 aromatic rings. The third kappa shape index (κ3) is 4.49. The molecule has 1 aliphatic carbocycles. The molecular weight excluding hydrogens is 290 g/mol. The molecule has 1 aromatic carbocycles. The van der Waals surface area contributed by atoms with Crippen molar-refractivity contribution in [1.29, 1.82) is 0 Å². The molecule has 2 N–H and O–H groups in total. The molecule has 0 spiro atoms. The molecule has 0 aliphatic heterocycles. The van der Waals surface area contributed by atoms with Crippen LogP contribution in [0.1, 0.15) is 32.1 Å². The predicted molar refractivity (Wildman–Crippen MR) is 84.0 cm³/mol. The molecule has 2 rings (SSSR count). The average molecular weight is 307 g/mol. The first kappa shape index (κ1) is 15.4. The molecule has 0 heterocycles. The number of rotatable bonds is 4. The number of nitrogens with one attached hydrogen (secondary N) is 2. The van der Waals surface area contributed by atoms with E-state index in [1.165, 1.54) is 18.9 Å². The van der Waals surface area contributed by atoms with E-state index in [4.69, 9.17) is 12.2 Å². The van der Waals surface area contributed by atoms with Gasteiger partial charge in [0.05, 0.1) is 4.92 Å². The number of carbonyl (C=O) groups is 1. The van der Waals surface area contributed by atoms with Crippen molar-refractivity contribution in [2.24, 2.45) is 5.92 Å². The van der Waals surface area contributed by atoms with E-state index in [2.05, 4.69) is 10.6 Å². The quantitative estimate of drug-likeness (QED) is 0.507. The summed E-state index contributed by atoms with van der Waals surface area (Å²) in [6, 6.07) is 6.17.